The fourth-order valence-electron chi connectivity index (χ4n) is 3.89. The molecule has 2 atom stereocenters. The minimum atomic E-state index is 0.347. The number of aliphatic hydroxyl groups excluding tert-OH is 1. The smallest absolute Gasteiger partial charge is 0.0483 e. The summed E-state index contributed by atoms with van der Waals surface area (Å²) >= 11 is 0. The van der Waals surface area contributed by atoms with Crippen LogP contribution in [0.1, 0.15) is 30.5 Å². The molecule has 1 aliphatic rings. The van der Waals surface area contributed by atoms with E-state index in [1.807, 2.05) is 0 Å². The maximum atomic E-state index is 9.40. The van der Waals surface area contributed by atoms with Crippen molar-refractivity contribution >= 4 is 10.9 Å². The highest BCUT2D eigenvalue weighted by molar-refractivity contribution is 5.85. The predicted molar refractivity (Wildman–Crippen MR) is 87.3 cm³/mol. The summed E-state index contributed by atoms with van der Waals surface area (Å²) in [7, 11) is 2.15. The summed E-state index contributed by atoms with van der Waals surface area (Å²) in [5, 5.41) is 14.4. The van der Waals surface area contributed by atoms with Crippen molar-refractivity contribution in [3.8, 4) is 0 Å². The highest BCUT2D eigenvalue weighted by atomic mass is 16.3. The summed E-state index contributed by atoms with van der Waals surface area (Å²) < 4.78 is 2.30. The second-order valence-electron chi connectivity index (χ2n) is 6.41. The van der Waals surface area contributed by atoms with E-state index in [2.05, 4.69) is 48.1 Å². The maximum Gasteiger partial charge on any atom is 0.0483 e. The molecule has 3 rings (SSSR count). The van der Waals surface area contributed by atoms with Crippen LogP contribution in [0.25, 0.3) is 10.9 Å². The molecule has 0 aliphatic heterocycles. The fraction of sp³-hybridized carbons (Fsp3) is 0.556. The number of aliphatic hydroxyl groups is 1. The molecular formula is C18H26N2O. The van der Waals surface area contributed by atoms with Gasteiger partial charge in [0.1, 0.15) is 0 Å². The molecule has 2 aromatic rings. The van der Waals surface area contributed by atoms with Crippen molar-refractivity contribution in [2.75, 3.05) is 13.2 Å². The van der Waals surface area contributed by atoms with Crippen LogP contribution in [0.5, 0.6) is 0 Å². The minimum Gasteiger partial charge on any atom is -0.396 e. The standard InChI is InChI=1S/C18H26N2O/c1-13-16-8-3-4-9-17(16)20(2)18(13)11-19-10-14-6-5-7-15(14)12-21/h3-4,8-9,14-15,19,21H,5-7,10-12H2,1-2H3. The fourth-order valence-corrected chi connectivity index (χ4v) is 3.89. The molecule has 0 amide bonds. The second kappa shape index (κ2) is 6.20. The third kappa shape index (κ3) is 2.72. The second-order valence-corrected chi connectivity index (χ2v) is 6.41. The summed E-state index contributed by atoms with van der Waals surface area (Å²) in [4.78, 5) is 0. The van der Waals surface area contributed by atoms with Gasteiger partial charge in [-0.25, -0.2) is 0 Å². The molecule has 0 bridgehead atoms. The number of nitrogens with one attached hydrogen (secondary N) is 1. The molecule has 114 valence electrons. The molecule has 2 unspecified atom stereocenters. The molecule has 1 aromatic heterocycles. The summed E-state index contributed by atoms with van der Waals surface area (Å²) in [5.74, 6) is 1.15. The number of rotatable bonds is 5. The van der Waals surface area contributed by atoms with Crippen molar-refractivity contribution in [3.05, 3.63) is 35.5 Å². The monoisotopic (exact) mass is 286 g/mol. The van der Waals surface area contributed by atoms with Gasteiger partial charge in [0.2, 0.25) is 0 Å². The molecule has 1 heterocycles. The van der Waals surface area contributed by atoms with Gasteiger partial charge < -0.3 is 15.0 Å². The minimum absolute atomic E-state index is 0.347. The van der Waals surface area contributed by atoms with E-state index in [1.54, 1.807) is 0 Å². The first-order valence-electron chi connectivity index (χ1n) is 8.06. The quantitative estimate of drug-likeness (QED) is 0.886. The van der Waals surface area contributed by atoms with E-state index in [0.717, 1.165) is 13.1 Å². The molecule has 0 radical (unpaired) electrons. The number of nitrogens with zero attached hydrogens (tertiary/aromatic N) is 1. The molecule has 3 nitrogen and oxygen atoms in total. The van der Waals surface area contributed by atoms with Crippen molar-refractivity contribution in [1.29, 1.82) is 0 Å². The summed E-state index contributed by atoms with van der Waals surface area (Å²) in [5.41, 5.74) is 4.06. The molecule has 0 spiro atoms. The van der Waals surface area contributed by atoms with Crippen LogP contribution in [0.2, 0.25) is 0 Å². The Bertz CT molecular complexity index is 578. The third-order valence-electron chi connectivity index (χ3n) is 5.26. The van der Waals surface area contributed by atoms with E-state index in [9.17, 15) is 5.11 Å². The SMILES string of the molecule is Cc1c(CNCC2CCCC2CO)n(C)c2ccccc12. The zero-order valence-corrected chi connectivity index (χ0v) is 13.1. The Kier molecular flexibility index (Phi) is 4.32. The van der Waals surface area contributed by atoms with E-state index in [0.29, 0.717) is 18.4 Å². The third-order valence-corrected chi connectivity index (χ3v) is 5.26. The van der Waals surface area contributed by atoms with Crippen LogP contribution in [-0.2, 0) is 13.6 Å². The summed E-state index contributed by atoms with van der Waals surface area (Å²) in [6, 6.07) is 8.60. The van der Waals surface area contributed by atoms with Gasteiger partial charge in [-0.3, -0.25) is 0 Å². The summed E-state index contributed by atoms with van der Waals surface area (Å²) in [6.07, 6.45) is 3.72. The number of para-hydroxylation sites is 1. The van der Waals surface area contributed by atoms with Gasteiger partial charge >= 0.3 is 0 Å². The molecular weight excluding hydrogens is 260 g/mol. The van der Waals surface area contributed by atoms with E-state index >= 15 is 0 Å². The van der Waals surface area contributed by atoms with Crippen LogP contribution in [0.3, 0.4) is 0 Å². The largest absolute Gasteiger partial charge is 0.396 e. The van der Waals surface area contributed by atoms with E-state index < -0.39 is 0 Å². The van der Waals surface area contributed by atoms with Crippen LogP contribution in [0.4, 0.5) is 0 Å². The Labute approximate surface area is 127 Å². The van der Waals surface area contributed by atoms with Gasteiger partial charge in [-0.05, 0) is 49.8 Å². The average Bonchev–Trinajstić information content (AvgIpc) is 3.06. The highest BCUT2D eigenvalue weighted by Gasteiger charge is 2.26. The lowest BCUT2D eigenvalue weighted by Gasteiger charge is -2.18. The van der Waals surface area contributed by atoms with Crippen LogP contribution in [0.15, 0.2) is 24.3 Å². The Morgan fingerprint density at radius 1 is 1.24 bits per heavy atom. The zero-order valence-electron chi connectivity index (χ0n) is 13.1. The van der Waals surface area contributed by atoms with Crippen LogP contribution in [-0.4, -0.2) is 22.8 Å². The number of aryl methyl sites for hydroxylation is 2. The first-order chi connectivity index (χ1) is 10.2. The Morgan fingerprint density at radius 2 is 2.00 bits per heavy atom. The highest BCUT2D eigenvalue weighted by Crippen LogP contribution is 2.31. The van der Waals surface area contributed by atoms with Crippen LogP contribution < -0.4 is 5.32 Å². The summed E-state index contributed by atoms with van der Waals surface area (Å²) in [6.45, 7) is 4.49. The Balaban J connectivity index is 1.68. The molecule has 3 heteroatoms. The maximum absolute atomic E-state index is 9.40. The number of fused-ring (bicyclic) bond motifs is 1. The van der Waals surface area contributed by atoms with Gasteiger partial charge in [0.05, 0.1) is 0 Å². The number of hydrogen-bond donors (Lipinski definition) is 2. The molecule has 0 saturated heterocycles. The van der Waals surface area contributed by atoms with E-state index in [-0.39, 0.29) is 0 Å². The van der Waals surface area contributed by atoms with Gasteiger partial charge in [-0.2, -0.15) is 0 Å². The molecule has 1 aliphatic carbocycles. The van der Waals surface area contributed by atoms with Crippen LogP contribution in [0, 0.1) is 18.8 Å². The number of hydrogen-bond acceptors (Lipinski definition) is 2. The lowest BCUT2D eigenvalue weighted by Crippen LogP contribution is -2.27. The van der Waals surface area contributed by atoms with Gasteiger partial charge in [-0.1, -0.05) is 24.6 Å². The van der Waals surface area contributed by atoms with Crippen molar-refractivity contribution in [2.24, 2.45) is 18.9 Å². The molecule has 1 fully saturated rings. The van der Waals surface area contributed by atoms with Crippen molar-refractivity contribution < 1.29 is 5.11 Å². The predicted octanol–water partition coefficient (Wildman–Crippen LogP) is 2.98. The molecule has 2 N–H and O–H groups in total. The van der Waals surface area contributed by atoms with Gasteiger partial charge in [0.15, 0.2) is 0 Å². The molecule has 1 saturated carbocycles. The van der Waals surface area contributed by atoms with Crippen molar-refractivity contribution in [1.82, 2.24) is 9.88 Å². The first-order valence-corrected chi connectivity index (χ1v) is 8.06. The van der Waals surface area contributed by atoms with Gasteiger partial charge in [0.25, 0.3) is 0 Å². The molecule has 21 heavy (non-hydrogen) atoms. The van der Waals surface area contributed by atoms with Gasteiger partial charge in [-0.15, -0.1) is 0 Å². The van der Waals surface area contributed by atoms with Gasteiger partial charge in [0, 0.05) is 36.8 Å². The first kappa shape index (κ1) is 14.6. The number of benzene rings is 1. The lowest BCUT2D eigenvalue weighted by molar-refractivity contribution is 0.192. The average molecular weight is 286 g/mol. The number of aromatic nitrogens is 1. The van der Waals surface area contributed by atoms with Crippen molar-refractivity contribution in [3.63, 3.8) is 0 Å². The normalized spacial score (nSPS) is 22.2. The van der Waals surface area contributed by atoms with Crippen molar-refractivity contribution in [2.45, 2.75) is 32.7 Å². The Morgan fingerprint density at radius 3 is 2.76 bits per heavy atom. The topological polar surface area (TPSA) is 37.2 Å². The van der Waals surface area contributed by atoms with E-state index in [1.165, 1.54) is 41.4 Å². The van der Waals surface area contributed by atoms with Crippen LogP contribution >= 0.6 is 0 Å². The lowest BCUT2D eigenvalue weighted by atomic mass is 9.97. The Hall–Kier alpha value is -1.32. The van der Waals surface area contributed by atoms with E-state index in [4.69, 9.17) is 0 Å². The zero-order chi connectivity index (χ0) is 14.8. The molecule has 1 aromatic carbocycles.